The van der Waals surface area contributed by atoms with Gasteiger partial charge >= 0.3 is 0 Å². The summed E-state index contributed by atoms with van der Waals surface area (Å²) in [6, 6.07) is 3.51. The third kappa shape index (κ3) is 4.33. The Morgan fingerprint density at radius 2 is 2.35 bits per heavy atom. The number of hydrogen-bond acceptors (Lipinski definition) is 7. The largest absolute Gasteiger partial charge is 0.389 e. The van der Waals surface area contributed by atoms with Crippen molar-refractivity contribution in [2.24, 2.45) is 0 Å². The molecule has 8 heteroatoms. The molecule has 2 aromatic heterocycles. The van der Waals surface area contributed by atoms with Crippen molar-refractivity contribution >= 4 is 11.7 Å². The Balaban J connectivity index is 1.66. The van der Waals surface area contributed by atoms with Gasteiger partial charge in [0.2, 0.25) is 0 Å². The molecule has 8 nitrogen and oxygen atoms in total. The van der Waals surface area contributed by atoms with Gasteiger partial charge in [0.1, 0.15) is 12.1 Å². The van der Waals surface area contributed by atoms with Gasteiger partial charge in [-0.15, -0.1) is 0 Å². The first-order valence-electron chi connectivity index (χ1n) is 8.70. The van der Waals surface area contributed by atoms with E-state index in [2.05, 4.69) is 20.3 Å². The maximum absolute atomic E-state index is 12.6. The van der Waals surface area contributed by atoms with Crippen LogP contribution in [0.3, 0.4) is 0 Å². The summed E-state index contributed by atoms with van der Waals surface area (Å²) < 4.78 is 5.21. The van der Waals surface area contributed by atoms with E-state index in [0.717, 1.165) is 11.3 Å². The standard InChI is InChI=1S/C18H23N5O3/c1-2-26-11-14(24)9-20-17-15-5-7-23(10-16(15)21-12-22-17)18(25)13-4-3-6-19-8-13/h3-4,6,8,12,14,24H,2,5,7,9-11H2,1H3,(H,20,21,22)/t14-/m1/s1. The molecule has 0 bridgehead atoms. The van der Waals surface area contributed by atoms with E-state index in [1.54, 1.807) is 29.4 Å². The summed E-state index contributed by atoms with van der Waals surface area (Å²) in [4.78, 5) is 27.0. The van der Waals surface area contributed by atoms with Gasteiger partial charge in [0.25, 0.3) is 5.91 Å². The number of nitrogens with zero attached hydrogens (tertiary/aromatic N) is 4. The van der Waals surface area contributed by atoms with Crippen LogP contribution in [0.1, 0.15) is 28.5 Å². The molecule has 1 aliphatic rings. The lowest BCUT2D eigenvalue weighted by molar-refractivity contribution is 0.0495. The van der Waals surface area contributed by atoms with Crippen molar-refractivity contribution in [2.75, 3.05) is 31.6 Å². The molecule has 0 aliphatic carbocycles. The van der Waals surface area contributed by atoms with Crippen LogP contribution in [0.5, 0.6) is 0 Å². The van der Waals surface area contributed by atoms with Gasteiger partial charge in [-0.3, -0.25) is 9.78 Å². The number of amides is 1. The number of aliphatic hydroxyl groups excluding tert-OH is 1. The molecule has 2 N–H and O–H groups in total. The highest BCUT2D eigenvalue weighted by Gasteiger charge is 2.25. The number of ether oxygens (including phenoxy) is 1. The second kappa shape index (κ2) is 8.68. The number of carbonyl (C=O) groups is 1. The Bertz CT molecular complexity index is 741. The zero-order valence-corrected chi connectivity index (χ0v) is 14.8. The molecule has 0 radical (unpaired) electrons. The number of aromatic nitrogens is 3. The van der Waals surface area contributed by atoms with Gasteiger partial charge in [-0.2, -0.15) is 0 Å². The zero-order valence-electron chi connectivity index (χ0n) is 14.8. The van der Waals surface area contributed by atoms with Gasteiger partial charge in [0, 0.05) is 37.7 Å². The first-order valence-corrected chi connectivity index (χ1v) is 8.70. The summed E-state index contributed by atoms with van der Waals surface area (Å²) in [5.41, 5.74) is 2.39. The molecule has 138 valence electrons. The zero-order chi connectivity index (χ0) is 18.4. The van der Waals surface area contributed by atoms with Crippen molar-refractivity contribution in [2.45, 2.75) is 26.0 Å². The van der Waals surface area contributed by atoms with Crippen LogP contribution in [0, 0.1) is 0 Å². The van der Waals surface area contributed by atoms with Crippen molar-refractivity contribution in [3.8, 4) is 0 Å². The highest BCUT2D eigenvalue weighted by Crippen LogP contribution is 2.23. The number of carbonyl (C=O) groups excluding carboxylic acids is 1. The average Bonchev–Trinajstić information content (AvgIpc) is 2.70. The van der Waals surface area contributed by atoms with Crippen molar-refractivity contribution in [1.29, 1.82) is 0 Å². The van der Waals surface area contributed by atoms with Gasteiger partial charge in [-0.05, 0) is 25.5 Å². The quantitative estimate of drug-likeness (QED) is 0.758. The summed E-state index contributed by atoms with van der Waals surface area (Å²) in [5, 5.41) is 13.1. The first-order chi connectivity index (χ1) is 12.7. The maximum atomic E-state index is 12.6. The smallest absolute Gasteiger partial charge is 0.255 e. The SMILES string of the molecule is CCOC[C@H](O)CNc1ncnc2c1CCN(C(=O)c1cccnc1)C2. The number of aliphatic hydroxyl groups is 1. The van der Waals surface area contributed by atoms with Crippen molar-refractivity contribution in [3.63, 3.8) is 0 Å². The van der Waals surface area contributed by atoms with E-state index in [-0.39, 0.29) is 12.5 Å². The second-order valence-electron chi connectivity index (χ2n) is 6.06. The Morgan fingerprint density at radius 1 is 1.46 bits per heavy atom. The fourth-order valence-electron chi connectivity index (χ4n) is 2.88. The van der Waals surface area contributed by atoms with E-state index in [9.17, 15) is 9.90 Å². The molecule has 3 heterocycles. The molecule has 26 heavy (non-hydrogen) atoms. The molecule has 2 aromatic rings. The molecule has 1 atom stereocenters. The minimum Gasteiger partial charge on any atom is -0.389 e. The lowest BCUT2D eigenvalue weighted by atomic mass is 10.0. The van der Waals surface area contributed by atoms with Gasteiger partial charge in [0.05, 0.1) is 30.5 Å². The summed E-state index contributed by atoms with van der Waals surface area (Å²) in [7, 11) is 0. The van der Waals surface area contributed by atoms with Crippen LogP contribution in [0.2, 0.25) is 0 Å². The van der Waals surface area contributed by atoms with Crippen molar-refractivity contribution < 1.29 is 14.6 Å². The van der Waals surface area contributed by atoms with Crippen LogP contribution in [-0.4, -0.2) is 63.3 Å². The van der Waals surface area contributed by atoms with E-state index < -0.39 is 6.10 Å². The Labute approximate surface area is 152 Å². The fraction of sp³-hybridized carbons (Fsp3) is 0.444. The van der Waals surface area contributed by atoms with Crippen LogP contribution >= 0.6 is 0 Å². The summed E-state index contributed by atoms with van der Waals surface area (Å²) in [6.07, 6.45) is 4.76. The molecule has 0 unspecified atom stereocenters. The number of anilines is 1. The fourth-order valence-corrected chi connectivity index (χ4v) is 2.88. The number of nitrogens with one attached hydrogen (secondary N) is 1. The first kappa shape index (κ1) is 18.2. The summed E-state index contributed by atoms with van der Waals surface area (Å²) in [5.74, 6) is 0.656. The Morgan fingerprint density at radius 3 is 3.12 bits per heavy atom. The molecule has 0 spiro atoms. The molecule has 0 fully saturated rings. The predicted molar refractivity (Wildman–Crippen MR) is 95.7 cm³/mol. The Kier molecular flexibility index (Phi) is 6.08. The maximum Gasteiger partial charge on any atom is 0.255 e. The average molecular weight is 357 g/mol. The molecule has 3 rings (SSSR count). The molecule has 1 amide bonds. The van der Waals surface area contributed by atoms with Gasteiger partial charge in [-0.1, -0.05) is 0 Å². The van der Waals surface area contributed by atoms with Crippen LogP contribution in [0.4, 0.5) is 5.82 Å². The highest BCUT2D eigenvalue weighted by atomic mass is 16.5. The van der Waals surface area contributed by atoms with E-state index >= 15 is 0 Å². The summed E-state index contributed by atoms with van der Waals surface area (Å²) in [6.45, 7) is 4.11. The van der Waals surface area contributed by atoms with Gasteiger partial charge in [-0.25, -0.2) is 9.97 Å². The highest BCUT2D eigenvalue weighted by molar-refractivity contribution is 5.94. The van der Waals surface area contributed by atoms with Crippen LogP contribution in [0.15, 0.2) is 30.9 Å². The van der Waals surface area contributed by atoms with Crippen molar-refractivity contribution in [3.05, 3.63) is 47.7 Å². The van der Waals surface area contributed by atoms with Crippen molar-refractivity contribution in [1.82, 2.24) is 19.9 Å². The van der Waals surface area contributed by atoms with Crippen LogP contribution in [0.25, 0.3) is 0 Å². The molecule has 1 aliphatic heterocycles. The normalized spacial score (nSPS) is 14.6. The lowest BCUT2D eigenvalue weighted by Gasteiger charge is -2.29. The molecule has 0 saturated heterocycles. The third-order valence-corrected chi connectivity index (χ3v) is 4.22. The number of pyridine rings is 1. The molecule has 0 saturated carbocycles. The minimum atomic E-state index is -0.604. The topological polar surface area (TPSA) is 100 Å². The van der Waals surface area contributed by atoms with Crippen LogP contribution < -0.4 is 5.32 Å². The Hall–Kier alpha value is -2.58. The van der Waals surface area contributed by atoms with Gasteiger partial charge < -0.3 is 20.1 Å². The molecule has 0 aromatic carbocycles. The van der Waals surface area contributed by atoms with E-state index in [4.69, 9.17) is 4.74 Å². The van der Waals surface area contributed by atoms with E-state index in [0.29, 0.717) is 44.0 Å². The monoisotopic (exact) mass is 357 g/mol. The second-order valence-corrected chi connectivity index (χ2v) is 6.06. The lowest BCUT2D eigenvalue weighted by Crippen LogP contribution is -2.37. The number of rotatable bonds is 7. The predicted octanol–water partition coefficient (Wildman–Crippen LogP) is 0.879. The molecular formula is C18H23N5O3. The summed E-state index contributed by atoms with van der Waals surface area (Å²) >= 11 is 0. The molecular weight excluding hydrogens is 334 g/mol. The minimum absolute atomic E-state index is 0.0518. The van der Waals surface area contributed by atoms with E-state index in [1.807, 2.05) is 6.92 Å². The van der Waals surface area contributed by atoms with E-state index in [1.165, 1.54) is 6.33 Å². The van der Waals surface area contributed by atoms with Gasteiger partial charge in [0.15, 0.2) is 0 Å². The number of fused-ring (bicyclic) bond motifs is 1. The van der Waals surface area contributed by atoms with Crippen LogP contribution in [-0.2, 0) is 17.7 Å². The third-order valence-electron chi connectivity index (χ3n) is 4.22. The number of hydrogen-bond donors (Lipinski definition) is 2.